The fraction of sp³-hybridized carbons (Fsp3) is 0.538. The van der Waals surface area contributed by atoms with Crippen LogP contribution in [0.1, 0.15) is 35.0 Å². The molecule has 2 rings (SSSR count). The molecule has 1 aliphatic heterocycles. The van der Waals surface area contributed by atoms with E-state index in [0.717, 1.165) is 30.8 Å². The zero-order chi connectivity index (χ0) is 14.7. The normalized spacial score (nSPS) is 21.6. The molecule has 1 aromatic rings. The average Bonchev–Trinajstić information content (AvgIpc) is 2.99. The van der Waals surface area contributed by atoms with Crippen molar-refractivity contribution in [3.05, 3.63) is 10.4 Å². The third kappa shape index (κ3) is 2.71. The van der Waals surface area contributed by atoms with E-state index >= 15 is 0 Å². The maximum Gasteiger partial charge on any atom is 0.261 e. The molecule has 1 aliphatic rings. The molecule has 0 radical (unpaired) electrons. The van der Waals surface area contributed by atoms with Gasteiger partial charge in [-0.3, -0.25) is 4.79 Å². The molecule has 20 heavy (non-hydrogen) atoms. The molecule has 6 nitrogen and oxygen atoms in total. The summed E-state index contributed by atoms with van der Waals surface area (Å²) in [6.07, 6.45) is 2.22. The van der Waals surface area contributed by atoms with E-state index in [1.54, 1.807) is 0 Å². The Morgan fingerprint density at radius 1 is 1.65 bits per heavy atom. The van der Waals surface area contributed by atoms with Crippen LogP contribution in [0.4, 0.5) is 10.7 Å². The maximum absolute atomic E-state index is 11.3. The number of nitriles is 1. The zero-order valence-corrected chi connectivity index (χ0v) is 12.1. The van der Waals surface area contributed by atoms with Crippen LogP contribution in [0.15, 0.2) is 0 Å². The lowest BCUT2D eigenvalue weighted by molar-refractivity contribution is 0.0900. The first kappa shape index (κ1) is 14.6. The number of nitrogens with two attached hydrogens (primary N) is 2. The molecule has 0 spiro atoms. The Bertz CT molecular complexity index is 549. The third-order valence-electron chi connectivity index (χ3n) is 3.55. The molecule has 0 aromatic carbocycles. The molecule has 2 heterocycles. The van der Waals surface area contributed by atoms with Gasteiger partial charge in [-0.1, -0.05) is 6.92 Å². The van der Waals surface area contributed by atoms with Crippen molar-refractivity contribution in [2.24, 2.45) is 11.7 Å². The topological polar surface area (TPSA) is 114 Å². The van der Waals surface area contributed by atoms with Gasteiger partial charge in [-0.15, -0.1) is 11.3 Å². The summed E-state index contributed by atoms with van der Waals surface area (Å²) in [5, 5.41) is 13.0. The van der Waals surface area contributed by atoms with Crippen molar-refractivity contribution < 1.29 is 9.53 Å². The van der Waals surface area contributed by atoms with E-state index < -0.39 is 5.91 Å². The van der Waals surface area contributed by atoms with Crippen molar-refractivity contribution in [1.29, 1.82) is 5.26 Å². The fourth-order valence-electron chi connectivity index (χ4n) is 2.46. The highest BCUT2D eigenvalue weighted by atomic mass is 32.1. The van der Waals surface area contributed by atoms with Crippen molar-refractivity contribution >= 4 is 27.9 Å². The summed E-state index contributed by atoms with van der Waals surface area (Å²) < 4.78 is 5.63. The number of nitrogens with zero attached hydrogens (tertiary/aromatic N) is 1. The van der Waals surface area contributed by atoms with E-state index in [1.807, 2.05) is 6.07 Å². The van der Waals surface area contributed by atoms with Gasteiger partial charge in [-0.25, -0.2) is 0 Å². The Hall–Kier alpha value is -1.78. The van der Waals surface area contributed by atoms with Crippen molar-refractivity contribution in [1.82, 2.24) is 0 Å². The summed E-state index contributed by atoms with van der Waals surface area (Å²) in [5.74, 6) is -0.195. The number of nitrogens with one attached hydrogen (secondary N) is 1. The predicted molar refractivity (Wildman–Crippen MR) is 78.6 cm³/mol. The van der Waals surface area contributed by atoms with Crippen LogP contribution >= 0.6 is 11.3 Å². The van der Waals surface area contributed by atoms with E-state index in [-0.39, 0.29) is 16.7 Å². The first-order valence-electron chi connectivity index (χ1n) is 6.56. The highest BCUT2D eigenvalue weighted by Gasteiger charge is 2.27. The van der Waals surface area contributed by atoms with Crippen LogP contribution in [0, 0.1) is 17.2 Å². The summed E-state index contributed by atoms with van der Waals surface area (Å²) in [7, 11) is 0. The van der Waals surface area contributed by atoms with Gasteiger partial charge >= 0.3 is 0 Å². The molecule has 1 saturated heterocycles. The van der Waals surface area contributed by atoms with Crippen LogP contribution in [0.3, 0.4) is 0 Å². The second-order valence-electron chi connectivity index (χ2n) is 4.77. The molecule has 2 atom stereocenters. The summed E-state index contributed by atoms with van der Waals surface area (Å²) in [6.45, 7) is 3.57. The molecule has 1 fully saturated rings. The monoisotopic (exact) mass is 294 g/mol. The van der Waals surface area contributed by atoms with Gasteiger partial charge in [-0.2, -0.15) is 5.26 Å². The number of thiophene rings is 1. The lowest BCUT2D eigenvalue weighted by Crippen LogP contribution is -2.22. The second-order valence-corrected chi connectivity index (χ2v) is 5.79. The number of nitrogen functional groups attached to an aromatic ring is 1. The summed E-state index contributed by atoms with van der Waals surface area (Å²) in [4.78, 5) is 11.5. The van der Waals surface area contributed by atoms with Gasteiger partial charge in [0.25, 0.3) is 5.91 Å². The summed E-state index contributed by atoms with van der Waals surface area (Å²) >= 11 is 1.14. The minimum absolute atomic E-state index is 0.169. The van der Waals surface area contributed by atoms with Crippen molar-refractivity contribution in [3.63, 3.8) is 0 Å². The lowest BCUT2D eigenvalue weighted by atomic mass is 10.00. The second kappa shape index (κ2) is 6.11. The largest absolute Gasteiger partial charge is 0.396 e. The van der Waals surface area contributed by atoms with Crippen LogP contribution in [0.2, 0.25) is 0 Å². The number of amides is 1. The lowest BCUT2D eigenvalue weighted by Gasteiger charge is -2.17. The standard InChI is InChI=1S/C13H18N4O2S/c1-2-9-7(3-4-19-9)6-17-13-8(5-14)10(15)11(20-13)12(16)18/h7,9,17H,2-4,6,15H2,1H3,(H2,16,18). The van der Waals surface area contributed by atoms with E-state index in [1.165, 1.54) is 0 Å². The Morgan fingerprint density at radius 3 is 3.00 bits per heavy atom. The first-order valence-corrected chi connectivity index (χ1v) is 7.37. The molecule has 1 amide bonds. The third-order valence-corrected chi connectivity index (χ3v) is 4.73. The van der Waals surface area contributed by atoms with Crippen molar-refractivity contribution in [3.8, 4) is 6.07 Å². The van der Waals surface area contributed by atoms with Gasteiger partial charge in [0.05, 0.1) is 11.8 Å². The number of carbonyl (C=O) groups excluding carboxylic acids is 1. The molecule has 0 saturated carbocycles. The first-order chi connectivity index (χ1) is 9.58. The molecule has 1 aromatic heterocycles. The van der Waals surface area contributed by atoms with E-state index in [0.29, 0.717) is 23.0 Å². The van der Waals surface area contributed by atoms with Crippen LogP contribution in [-0.2, 0) is 4.74 Å². The Morgan fingerprint density at radius 2 is 2.40 bits per heavy atom. The molecule has 2 unspecified atom stereocenters. The number of rotatable bonds is 5. The van der Waals surface area contributed by atoms with E-state index in [9.17, 15) is 4.79 Å². The SMILES string of the molecule is CCC1OCCC1CNc1sc(C(N)=O)c(N)c1C#N. The van der Waals surface area contributed by atoms with Gasteiger partial charge in [0, 0.05) is 19.1 Å². The maximum atomic E-state index is 11.3. The van der Waals surface area contributed by atoms with E-state index in [2.05, 4.69) is 12.2 Å². The highest BCUT2D eigenvalue weighted by molar-refractivity contribution is 7.18. The minimum Gasteiger partial charge on any atom is -0.396 e. The Kier molecular flexibility index (Phi) is 4.47. The average molecular weight is 294 g/mol. The zero-order valence-electron chi connectivity index (χ0n) is 11.3. The summed E-state index contributed by atoms with van der Waals surface area (Å²) in [5.41, 5.74) is 11.5. The van der Waals surface area contributed by atoms with Gasteiger partial charge in [0.1, 0.15) is 21.5 Å². The molecular formula is C13H18N4O2S. The van der Waals surface area contributed by atoms with Crippen LogP contribution < -0.4 is 16.8 Å². The number of primary amides is 1. The fourth-order valence-corrected chi connectivity index (χ4v) is 3.39. The molecule has 7 heteroatoms. The van der Waals surface area contributed by atoms with Gasteiger partial charge in [-0.05, 0) is 12.8 Å². The van der Waals surface area contributed by atoms with Crippen molar-refractivity contribution in [2.75, 3.05) is 24.2 Å². The Balaban J connectivity index is 2.12. The minimum atomic E-state index is -0.604. The molecule has 0 bridgehead atoms. The Labute approximate surface area is 121 Å². The molecule has 0 aliphatic carbocycles. The molecule has 108 valence electrons. The number of anilines is 2. The quantitative estimate of drug-likeness (QED) is 0.762. The molecule has 5 N–H and O–H groups in total. The number of ether oxygens (including phenoxy) is 1. The van der Waals surface area contributed by atoms with Crippen LogP contribution in [0.25, 0.3) is 0 Å². The summed E-state index contributed by atoms with van der Waals surface area (Å²) in [6, 6.07) is 2.02. The number of carbonyl (C=O) groups is 1. The number of hydrogen-bond acceptors (Lipinski definition) is 6. The van der Waals surface area contributed by atoms with Gasteiger partial charge in [0.15, 0.2) is 0 Å². The highest BCUT2D eigenvalue weighted by Crippen LogP contribution is 2.35. The predicted octanol–water partition coefficient (Wildman–Crippen LogP) is 1.53. The van der Waals surface area contributed by atoms with Gasteiger partial charge in [0.2, 0.25) is 0 Å². The van der Waals surface area contributed by atoms with Crippen molar-refractivity contribution in [2.45, 2.75) is 25.9 Å². The van der Waals surface area contributed by atoms with Gasteiger partial charge < -0.3 is 21.5 Å². The molecular weight excluding hydrogens is 276 g/mol. The van der Waals surface area contributed by atoms with E-state index in [4.69, 9.17) is 21.5 Å². The van der Waals surface area contributed by atoms with Crippen LogP contribution in [-0.4, -0.2) is 25.2 Å². The number of hydrogen-bond donors (Lipinski definition) is 3. The smallest absolute Gasteiger partial charge is 0.261 e. The van der Waals surface area contributed by atoms with Crippen LogP contribution in [0.5, 0.6) is 0 Å².